The molecule has 57 heavy (non-hydrogen) atoms. The Kier molecular flexibility index (Phi) is 17.5. The van der Waals surface area contributed by atoms with Gasteiger partial charge in [0.2, 0.25) is 11.6 Å². The van der Waals surface area contributed by atoms with Crippen LogP contribution in [0.4, 0.5) is 0 Å². The third kappa shape index (κ3) is 11.5. The van der Waals surface area contributed by atoms with Crippen LogP contribution in [-0.2, 0) is 35.4 Å². The van der Waals surface area contributed by atoms with Crippen LogP contribution < -0.4 is 9.47 Å². The van der Waals surface area contributed by atoms with Crippen molar-refractivity contribution in [3.8, 4) is 11.5 Å². The summed E-state index contributed by atoms with van der Waals surface area (Å²) in [4.78, 5) is 52.1. The number of rotatable bonds is 12. The number of benzene rings is 3. The second-order valence-corrected chi connectivity index (χ2v) is 19.5. The predicted molar refractivity (Wildman–Crippen MR) is 238 cm³/mol. The highest BCUT2D eigenvalue weighted by atomic mass is 16.5. The van der Waals surface area contributed by atoms with Crippen LogP contribution in [0.3, 0.4) is 0 Å². The monoisotopic (exact) mass is 785 g/mol. The van der Waals surface area contributed by atoms with Gasteiger partial charge >= 0.3 is 11.9 Å². The molecule has 0 heterocycles. The molecular formula is C51H76O6. The van der Waals surface area contributed by atoms with Crippen molar-refractivity contribution >= 4 is 23.5 Å². The highest BCUT2D eigenvalue weighted by molar-refractivity contribution is 6.37. The van der Waals surface area contributed by atoms with E-state index in [0.717, 1.165) is 27.8 Å². The second-order valence-electron chi connectivity index (χ2n) is 19.5. The van der Waals surface area contributed by atoms with Gasteiger partial charge in [-0.15, -0.1) is 0 Å². The molecule has 6 nitrogen and oxygen atoms in total. The highest BCUT2D eigenvalue weighted by Gasteiger charge is 2.50. The van der Waals surface area contributed by atoms with E-state index in [4.69, 9.17) is 9.47 Å². The largest absolute Gasteiger partial charge is 0.421 e. The maximum absolute atomic E-state index is 13.4. The summed E-state index contributed by atoms with van der Waals surface area (Å²) in [6.45, 7) is 38.8. The summed E-state index contributed by atoms with van der Waals surface area (Å²) < 4.78 is 11.5. The molecule has 6 heteroatoms. The molecule has 0 aliphatic heterocycles. The summed E-state index contributed by atoms with van der Waals surface area (Å²) in [5.74, 6) is -1.01. The molecule has 0 spiro atoms. The van der Waals surface area contributed by atoms with E-state index in [1.165, 1.54) is 5.56 Å². The number of para-hydroxylation sites is 1. The van der Waals surface area contributed by atoms with Crippen molar-refractivity contribution in [1.29, 1.82) is 0 Å². The van der Waals surface area contributed by atoms with Gasteiger partial charge in [-0.25, -0.2) is 9.59 Å². The molecule has 0 aliphatic carbocycles. The summed E-state index contributed by atoms with van der Waals surface area (Å²) in [5.41, 5.74) is 4.23. The topological polar surface area (TPSA) is 86.7 Å². The standard InChI is InChI=1S/C26H34O3.C24H38O3.CH4/c1-17-20(24(2,3)4)15-19(16-21(17)25(5,6)7)29-23(28)22(27)26(8,9)18-13-11-10-12-14-18;1-14(2)19-12-11-13-20(15(3)4)21(19)27-23(26)22(25)24(16(5)6,17(7)8)18(9)10;/h10-16H,1-9H3;11-18H,1-10H3;1H4. The molecule has 3 rings (SSSR count). The zero-order valence-corrected chi connectivity index (χ0v) is 38.1. The van der Waals surface area contributed by atoms with Gasteiger partial charge in [0.1, 0.15) is 11.5 Å². The van der Waals surface area contributed by atoms with Gasteiger partial charge in [0.15, 0.2) is 0 Å². The van der Waals surface area contributed by atoms with E-state index in [-0.39, 0.29) is 47.8 Å². The number of Topliss-reactive ketones (excluding diaryl/α,β-unsaturated/α-hetero) is 2. The molecule has 0 saturated carbocycles. The van der Waals surface area contributed by atoms with Crippen molar-refractivity contribution in [2.45, 2.75) is 167 Å². The molecule has 0 amide bonds. The Morgan fingerprint density at radius 3 is 1.26 bits per heavy atom. The molecule has 0 unspecified atom stereocenters. The SMILES string of the molecule is C.CC(C)c1cccc(C(C)C)c1OC(=O)C(=O)C(C(C)C)(C(C)C)C(C)C.Cc1c(C(C)(C)C)cc(OC(=O)C(=O)C(C)(C)c2ccccc2)cc1C(C)(C)C. The molecule has 0 N–H and O–H groups in total. The van der Waals surface area contributed by atoms with Gasteiger partial charge in [0.05, 0.1) is 5.41 Å². The minimum atomic E-state index is -0.956. The first-order valence-corrected chi connectivity index (χ1v) is 20.4. The Hall–Kier alpha value is -4.06. The van der Waals surface area contributed by atoms with Gasteiger partial charge in [-0.3, -0.25) is 9.59 Å². The Bertz CT molecular complexity index is 1760. The van der Waals surface area contributed by atoms with Gasteiger partial charge in [0.25, 0.3) is 0 Å². The Labute approximate surface area is 346 Å². The fourth-order valence-electron chi connectivity index (χ4n) is 8.40. The lowest BCUT2D eigenvalue weighted by molar-refractivity contribution is -0.158. The number of esters is 2. The third-order valence-electron chi connectivity index (χ3n) is 11.4. The number of hydrogen-bond acceptors (Lipinski definition) is 6. The number of hydrogen-bond donors (Lipinski definition) is 0. The van der Waals surface area contributed by atoms with Crippen LogP contribution in [0.25, 0.3) is 0 Å². The first-order valence-electron chi connectivity index (χ1n) is 20.4. The molecular weight excluding hydrogens is 709 g/mol. The van der Waals surface area contributed by atoms with Gasteiger partial charge in [-0.2, -0.15) is 0 Å². The Morgan fingerprint density at radius 1 is 0.526 bits per heavy atom. The lowest BCUT2D eigenvalue weighted by Crippen LogP contribution is -2.50. The summed E-state index contributed by atoms with van der Waals surface area (Å²) >= 11 is 0. The lowest BCUT2D eigenvalue weighted by atomic mass is 9.59. The summed E-state index contributed by atoms with van der Waals surface area (Å²) in [5, 5.41) is 0. The molecule has 0 atom stereocenters. The Morgan fingerprint density at radius 2 is 0.912 bits per heavy atom. The second kappa shape index (κ2) is 19.6. The average Bonchev–Trinajstić information content (AvgIpc) is 3.07. The van der Waals surface area contributed by atoms with E-state index in [1.54, 1.807) is 13.8 Å². The zero-order valence-electron chi connectivity index (χ0n) is 38.1. The van der Waals surface area contributed by atoms with Gasteiger partial charge in [-0.05, 0) is 107 Å². The molecule has 3 aromatic carbocycles. The zero-order chi connectivity index (χ0) is 43.3. The number of ketones is 2. The Balaban J connectivity index is 0.000000562. The molecule has 316 valence electrons. The van der Waals surface area contributed by atoms with Crippen molar-refractivity contribution in [3.63, 3.8) is 0 Å². The normalized spacial score (nSPS) is 12.4. The van der Waals surface area contributed by atoms with Crippen LogP contribution in [-0.4, -0.2) is 23.5 Å². The smallest absolute Gasteiger partial charge is 0.380 e. The van der Waals surface area contributed by atoms with Crippen molar-refractivity contribution in [3.05, 3.63) is 94.0 Å². The van der Waals surface area contributed by atoms with Crippen LogP contribution >= 0.6 is 0 Å². The van der Waals surface area contributed by atoms with E-state index in [0.29, 0.717) is 11.5 Å². The highest BCUT2D eigenvalue weighted by Crippen LogP contribution is 2.45. The summed E-state index contributed by atoms with van der Waals surface area (Å²) in [6, 6.07) is 19.0. The number of carbonyl (C=O) groups is 4. The van der Waals surface area contributed by atoms with Crippen molar-refractivity contribution < 1.29 is 28.7 Å². The molecule has 0 fully saturated rings. The van der Waals surface area contributed by atoms with Gasteiger partial charge in [0, 0.05) is 5.41 Å². The molecule has 0 saturated heterocycles. The van der Waals surface area contributed by atoms with Gasteiger partial charge < -0.3 is 9.47 Å². The summed E-state index contributed by atoms with van der Waals surface area (Å²) in [7, 11) is 0. The quantitative estimate of drug-likeness (QED) is 0.103. The van der Waals surface area contributed by atoms with E-state index in [9.17, 15) is 19.2 Å². The third-order valence-corrected chi connectivity index (χ3v) is 11.4. The minimum Gasteiger partial charge on any atom is -0.421 e. The van der Waals surface area contributed by atoms with Crippen molar-refractivity contribution in [2.24, 2.45) is 23.2 Å². The van der Waals surface area contributed by atoms with E-state index in [1.807, 2.05) is 102 Å². The van der Waals surface area contributed by atoms with Crippen LogP contribution in [0.1, 0.15) is 177 Å². The van der Waals surface area contributed by atoms with E-state index in [2.05, 4.69) is 76.2 Å². The van der Waals surface area contributed by atoms with Crippen LogP contribution in [0, 0.1) is 30.1 Å². The molecule has 0 radical (unpaired) electrons. The van der Waals surface area contributed by atoms with E-state index < -0.39 is 34.3 Å². The number of carbonyl (C=O) groups excluding carboxylic acids is 4. The first-order chi connectivity index (χ1) is 25.5. The predicted octanol–water partition coefficient (Wildman–Crippen LogP) is 13.0. The maximum Gasteiger partial charge on any atom is 0.380 e. The van der Waals surface area contributed by atoms with Crippen LogP contribution in [0.15, 0.2) is 60.7 Å². The number of ether oxygens (including phenoxy) is 2. The fraction of sp³-hybridized carbons (Fsp3) is 0.569. The first kappa shape index (κ1) is 51.0. The molecule has 0 bridgehead atoms. The van der Waals surface area contributed by atoms with Gasteiger partial charge in [-0.1, -0.05) is 167 Å². The maximum atomic E-state index is 13.4. The molecule has 0 aromatic heterocycles. The van der Waals surface area contributed by atoms with Crippen LogP contribution in [0.5, 0.6) is 11.5 Å². The van der Waals surface area contributed by atoms with Crippen LogP contribution in [0.2, 0.25) is 0 Å². The average molecular weight is 785 g/mol. The van der Waals surface area contributed by atoms with E-state index >= 15 is 0 Å². The van der Waals surface area contributed by atoms with Crippen molar-refractivity contribution in [2.75, 3.05) is 0 Å². The lowest BCUT2D eigenvalue weighted by Gasteiger charge is -2.42. The molecule has 3 aromatic rings. The van der Waals surface area contributed by atoms with Crippen molar-refractivity contribution in [1.82, 2.24) is 0 Å². The summed E-state index contributed by atoms with van der Waals surface area (Å²) in [6.07, 6.45) is 0. The minimum absolute atomic E-state index is 0. The molecule has 0 aliphatic rings. The fourth-order valence-corrected chi connectivity index (χ4v) is 8.40.